The molecule has 0 saturated carbocycles. The number of hydrogen-bond acceptors (Lipinski definition) is 2. The third-order valence-electron chi connectivity index (χ3n) is 1.93. The molecule has 0 spiro atoms. The van der Waals surface area contributed by atoms with Gasteiger partial charge in [0.15, 0.2) is 0 Å². The number of ketones is 1. The Kier molecular flexibility index (Phi) is 7.26. The Bertz CT molecular complexity index is 166. The zero-order valence-corrected chi connectivity index (χ0v) is 8.34. The van der Waals surface area contributed by atoms with Crippen LogP contribution in [-0.2, 0) is 9.59 Å². The van der Waals surface area contributed by atoms with Crippen molar-refractivity contribution in [3.05, 3.63) is 0 Å². The van der Waals surface area contributed by atoms with Gasteiger partial charge in [-0.2, -0.15) is 0 Å². The first kappa shape index (κ1) is 12.1. The number of nitrogens with two attached hydrogens (primary N) is 1. The summed E-state index contributed by atoms with van der Waals surface area (Å²) in [5, 5.41) is 0. The van der Waals surface area contributed by atoms with E-state index in [1.54, 1.807) is 0 Å². The van der Waals surface area contributed by atoms with Gasteiger partial charge in [-0.25, -0.2) is 0 Å². The molecule has 1 amide bonds. The Morgan fingerprint density at radius 1 is 1.08 bits per heavy atom. The summed E-state index contributed by atoms with van der Waals surface area (Å²) in [5.74, 6) is -0.539. The van der Waals surface area contributed by atoms with E-state index in [0.717, 1.165) is 12.8 Å². The summed E-state index contributed by atoms with van der Waals surface area (Å²) in [6.45, 7) is 2.15. The second kappa shape index (κ2) is 7.77. The van der Waals surface area contributed by atoms with Crippen molar-refractivity contribution in [3.8, 4) is 0 Å². The molecule has 0 saturated heterocycles. The molecule has 0 aromatic heterocycles. The highest BCUT2D eigenvalue weighted by Crippen LogP contribution is 2.05. The van der Waals surface area contributed by atoms with Crippen molar-refractivity contribution >= 4 is 11.7 Å². The molecule has 0 aliphatic rings. The third kappa shape index (κ3) is 9.05. The van der Waals surface area contributed by atoms with Crippen molar-refractivity contribution in [3.63, 3.8) is 0 Å². The predicted octanol–water partition coefficient (Wildman–Crippen LogP) is 1.79. The summed E-state index contributed by atoms with van der Waals surface area (Å²) in [6, 6.07) is 0. The number of carbonyl (C=O) groups is 2. The number of unbranched alkanes of at least 4 members (excludes halogenated alkanes) is 4. The zero-order chi connectivity index (χ0) is 10.1. The minimum atomic E-state index is -0.515. The third-order valence-corrected chi connectivity index (χ3v) is 1.93. The van der Waals surface area contributed by atoms with E-state index in [1.807, 2.05) is 0 Å². The van der Waals surface area contributed by atoms with Gasteiger partial charge >= 0.3 is 0 Å². The van der Waals surface area contributed by atoms with E-state index in [4.69, 9.17) is 5.73 Å². The number of primary amides is 1. The summed E-state index contributed by atoms with van der Waals surface area (Å²) < 4.78 is 0. The van der Waals surface area contributed by atoms with Gasteiger partial charge in [0, 0.05) is 6.42 Å². The van der Waals surface area contributed by atoms with Gasteiger partial charge in [0.05, 0.1) is 6.42 Å². The van der Waals surface area contributed by atoms with Gasteiger partial charge in [-0.3, -0.25) is 9.59 Å². The van der Waals surface area contributed by atoms with Gasteiger partial charge < -0.3 is 5.73 Å². The van der Waals surface area contributed by atoms with E-state index in [0.29, 0.717) is 6.42 Å². The molecule has 3 heteroatoms. The largest absolute Gasteiger partial charge is 0.369 e. The van der Waals surface area contributed by atoms with Crippen molar-refractivity contribution in [1.82, 2.24) is 0 Å². The average Bonchev–Trinajstić information content (AvgIpc) is 2.02. The fraction of sp³-hybridized carbons (Fsp3) is 0.800. The van der Waals surface area contributed by atoms with Crippen LogP contribution in [0.15, 0.2) is 0 Å². The van der Waals surface area contributed by atoms with Crippen molar-refractivity contribution < 1.29 is 9.59 Å². The summed E-state index contributed by atoms with van der Waals surface area (Å²) >= 11 is 0. The molecule has 0 fully saturated rings. The molecule has 0 bridgehead atoms. The van der Waals surface area contributed by atoms with Crippen molar-refractivity contribution in [1.29, 1.82) is 0 Å². The second-order valence-corrected chi connectivity index (χ2v) is 3.35. The Morgan fingerprint density at radius 2 is 1.69 bits per heavy atom. The molecule has 0 rings (SSSR count). The van der Waals surface area contributed by atoms with Crippen LogP contribution in [0.1, 0.15) is 51.9 Å². The fourth-order valence-electron chi connectivity index (χ4n) is 1.21. The topological polar surface area (TPSA) is 60.2 Å². The fourth-order valence-corrected chi connectivity index (χ4v) is 1.21. The Hall–Kier alpha value is -0.860. The van der Waals surface area contributed by atoms with Crippen LogP contribution >= 0.6 is 0 Å². The van der Waals surface area contributed by atoms with Gasteiger partial charge in [-0.1, -0.05) is 32.6 Å². The lowest BCUT2D eigenvalue weighted by Gasteiger charge is -1.98. The van der Waals surface area contributed by atoms with E-state index in [1.165, 1.54) is 19.3 Å². The summed E-state index contributed by atoms with van der Waals surface area (Å²) in [5.41, 5.74) is 4.89. The normalized spacial score (nSPS) is 9.92. The predicted molar refractivity (Wildman–Crippen MR) is 52.2 cm³/mol. The Labute approximate surface area is 79.7 Å². The van der Waals surface area contributed by atoms with Gasteiger partial charge in [-0.05, 0) is 6.42 Å². The molecule has 0 unspecified atom stereocenters. The van der Waals surface area contributed by atoms with Crippen LogP contribution in [0.5, 0.6) is 0 Å². The summed E-state index contributed by atoms with van der Waals surface area (Å²) in [6.07, 6.45) is 6.00. The monoisotopic (exact) mass is 185 g/mol. The highest BCUT2D eigenvalue weighted by Gasteiger charge is 2.04. The molecule has 76 valence electrons. The molecule has 0 atom stereocenters. The van der Waals surface area contributed by atoms with Crippen LogP contribution in [0, 0.1) is 0 Å². The summed E-state index contributed by atoms with van der Waals surface area (Å²) in [7, 11) is 0. The van der Waals surface area contributed by atoms with Crippen molar-refractivity contribution in [2.45, 2.75) is 51.9 Å². The van der Waals surface area contributed by atoms with Crippen LogP contribution in [0.2, 0.25) is 0 Å². The first-order valence-electron chi connectivity index (χ1n) is 4.96. The zero-order valence-electron chi connectivity index (χ0n) is 8.34. The highest BCUT2D eigenvalue weighted by atomic mass is 16.2. The second-order valence-electron chi connectivity index (χ2n) is 3.35. The van der Waals surface area contributed by atoms with Gasteiger partial charge in [0.25, 0.3) is 0 Å². The molecule has 0 aromatic carbocycles. The lowest BCUT2D eigenvalue weighted by Crippen LogP contribution is -2.15. The average molecular weight is 185 g/mol. The SMILES string of the molecule is CCCCCCCC(=O)CC(N)=O. The van der Waals surface area contributed by atoms with Crippen molar-refractivity contribution in [2.24, 2.45) is 5.73 Å². The maximum Gasteiger partial charge on any atom is 0.224 e. The molecule has 0 aromatic rings. The molecule has 0 radical (unpaired) electrons. The van der Waals surface area contributed by atoms with Crippen LogP contribution in [0.3, 0.4) is 0 Å². The molecular weight excluding hydrogens is 166 g/mol. The minimum absolute atomic E-state index is 0.0241. The molecule has 0 heterocycles. The van der Waals surface area contributed by atoms with Crippen LogP contribution in [0.4, 0.5) is 0 Å². The van der Waals surface area contributed by atoms with Crippen LogP contribution in [-0.4, -0.2) is 11.7 Å². The quantitative estimate of drug-likeness (QED) is 0.463. The van der Waals surface area contributed by atoms with Crippen molar-refractivity contribution in [2.75, 3.05) is 0 Å². The van der Waals surface area contributed by atoms with Crippen LogP contribution < -0.4 is 5.73 Å². The standard InChI is InChI=1S/C10H19NO2/c1-2-3-4-5-6-7-9(12)8-10(11)13/h2-8H2,1H3,(H2,11,13). The van der Waals surface area contributed by atoms with Gasteiger partial charge in [-0.15, -0.1) is 0 Å². The summed E-state index contributed by atoms with van der Waals surface area (Å²) in [4.78, 5) is 21.3. The van der Waals surface area contributed by atoms with E-state index >= 15 is 0 Å². The molecule has 13 heavy (non-hydrogen) atoms. The number of hydrogen-bond donors (Lipinski definition) is 1. The molecule has 0 aliphatic carbocycles. The minimum Gasteiger partial charge on any atom is -0.369 e. The number of rotatable bonds is 8. The Morgan fingerprint density at radius 3 is 2.23 bits per heavy atom. The van der Waals surface area contributed by atoms with Gasteiger partial charge in [0.1, 0.15) is 5.78 Å². The highest BCUT2D eigenvalue weighted by molar-refractivity contribution is 5.97. The number of carbonyl (C=O) groups excluding carboxylic acids is 2. The number of Topliss-reactive ketones (excluding diaryl/α,β-unsaturated/α-hetero) is 1. The maximum atomic E-state index is 11.0. The lowest BCUT2D eigenvalue weighted by molar-refractivity contribution is -0.126. The van der Waals surface area contributed by atoms with E-state index < -0.39 is 5.91 Å². The van der Waals surface area contributed by atoms with Crippen LogP contribution in [0.25, 0.3) is 0 Å². The van der Waals surface area contributed by atoms with Gasteiger partial charge in [0.2, 0.25) is 5.91 Å². The molecule has 0 aliphatic heterocycles. The molecule has 2 N–H and O–H groups in total. The van der Waals surface area contributed by atoms with E-state index in [-0.39, 0.29) is 12.2 Å². The smallest absolute Gasteiger partial charge is 0.224 e. The number of amides is 1. The van der Waals surface area contributed by atoms with E-state index in [9.17, 15) is 9.59 Å². The first-order valence-corrected chi connectivity index (χ1v) is 4.96. The first-order chi connectivity index (χ1) is 6.16. The molecular formula is C10H19NO2. The Balaban J connectivity index is 3.22. The molecule has 3 nitrogen and oxygen atoms in total. The maximum absolute atomic E-state index is 11.0. The lowest BCUT2D eigenvalue weighted by atomic mass is 10.1. The van der Waals surface area contributed by atoms with E-state index in [2.05, 4.69) is 6.92 Å².